The molecule has 128 valence electrons. The van der Waals surface area contributed by atoms with E-state index in [9.17, 15) is 0 Å². The number of methoxy groups -OCH3 is 1. The van der Waals surface area contributed by atoms with Gasteiger partial charge in [-0.25, -0.2) is 14.3 Å². The molecule has 4 rings (SSSR count). The SMILES string of the molecule is COc1cccc2c(N3CCC4(CC3)CCN4S(C)=N)ncnc12. The van der Waals surface area contributed by atoms with Crippen LogP contribution >= 0.6 is 0 Å². The fraction of sp³-hybridized carbons (Fsp3) is 0.529. The van der Waals surface area contributed by atoms with E-state index in [2.05, 4.69) is 25.2 Å². The van der Waals surface area contributed by atoms with Crippen LogP contribution in [0, 0.1) is 4.78 Å². The number of hydrogen-bond acceptors (Lipinski definition) is 5. The molecular formula is C17H23N5OS. The molecule has 1 atom stereocenters. The maximum Gasteiger partial charge on any atom is 0.145 e. The van der Waals surface area contributed by atoms with Gasteiger partial charge < -0.3 is 9.64 Å². The predicted molar refractivity (Wildman–Crippen MR) is 97.6 cm³/mol. The van der Waals surface area contributed by atoms with Crippen LogP contribution < -0.4 is 9.64 Å². The molecule has 0 amide bonds. The molecule has 2 aromatic rings. The summed E-state index contributed by atoms with van der Waals surface area (Å²) < 4.78 is 15.9. The Bertz CT molecular complexity index is 788. The smallest absolute Gasteiger partial charge is 0.145 e. The molecule has 3 heterocycles. The quantitative estimate of drug-likeness (QED) is 0.926. The number of nitrogens with one attached hydrogen (secondary N) is 1. The van der Waals surface area contributed by atoms with Crippen molar-refractivity contribution in [3.8, 4) is 5.75 Å². The van der Waals surface area contributed by atoms with Gasteiger partial charge in [-0.1, -0.05) is 6.07 Å². The van der Waals surface area contributed by atoms with Crippen molar-refractivity contribution in [2.75, 3.05) is 37.9 Å². The largest absolute Gasteiger partial charge is 0.494 e. The maximum atomic E-state index is 8.07. The first-order valence-corrected chi connectivity index (χ1v) is 9.91. The highest BCUT2D eigenvalue weighted by atomic mass is 32.2. The molecule has 1 aromatic heterocycles. The number of piperidine rings is 1. The molecule has 7 heteroatoms. The van der Waals surface area contributed by atoms with Gasteiger partial charge in [0.2, 0.25) is 0 Å². The van der Waals surface area contributed by atoms with Crippen molar-refractivity contribution >= 4 is 27.6 Å². The number of benzene rings is 1. The van der Waals surface area contributed by atoms with Gasteiger partial charge in [-0.15, -0.1) is 0 Å². The number of aromatic nitrogens is 2. The van der Waals surface area contributed by atoms with Crippen LogP contribution in [0.1, 0.15) is 19.3 Å². The molecule has 1 aromatic carbocycles. The number of anilines is 1. The monoisotopic (exact) mass is 345 g/mol. The highest BCUT2D eigenvalue weighted by molar-refractivity contribution is 7.83. The van der Waals surface area contributed by atoms with Gasteiger partial charge in [-0.05, 0) is 42.3 Å². The molecule has 2 aliphatic rings. The van der Waals surface area contributed by atoms with Gasteiger partial charge >= 0.3 is 0 Å². The molecule has 0 saturated carbocycles. The average Bonchev–Trinajstić information content (AvgIpc) is 2.59. The lowest BCUT2D eigenvalue weighted by Crippen LogP contribution is -2.64. The zero-order chi connectivity index (χ0) is 16.7. The Morgan fingerprint density at radius 3 is 2.54 bits per heavy atom. The Labute approximate surface area is 144 Å². The molecular weight excluding hydrogens is 322 g/mol. The van der Waals surface area contributed by atoms with Crippen LogP contribution in [0.15, 0.2) is 24.5 Å². The Hall–Kier alpha value is -1.73. The zero-order valence-corrected chi connectivity index (χ0v) is 15.0. The summed E-state index contributed by atoms with van der Waals surface area (Å²) >= 11 is 0. The molecule has 6 nitrogen and oxygen atoms in total. The van der Waals surface area contributed by atoms with E-state index in [1.165, 1.54) is 6.42 Å². The molecule has 2 saturated heterocycles. The topological polar surface area (TPSA) is 65.3 Å². The standard InChI is InChI=1S/C17H23N5OS/c1-23-14-5-3-4-13-15(14)19-12-20-16(13)21-9-6-17(7-10-21)8-11-22(17)24(2)18/h3-5,12,18H,6-11H2,1-2H3. The lowest BCUT2D eigenvalue weighted by Gasteiger charge is -2.56. The van der Waals surface area contributed by atoms with Crippen LogP contribution in [0.5, 0.6) is 5.75 Å². The first-order chi connectivity index (χ1) is 11.6. The van der Waals surface area contributed by atoms with Crippen LogP contribution in [0.4, 0.5) is 5.82 Å². The predicted octanol–water partition coefficient (Wildman–Crippen LogP) is 2.61. The van der Waals surface area contributed by atoms with Crippen molar-refractivity contribution < 1.29 is 4.74 Å². The summed E-state index contributed by atoms with van der Waals surface area (Å²) in [5.41, 5.74) is 1.13. The van der Waals surface area contributed by atoms with Crippen molar-refractivity contribution in [3.63, 3.8) is 0 Å². The van der Waals surface area contributed by atoms with E-state index in [1.807, 2.05) is 18.4 Å². The number of rotatable bonds is 3. The van der Waals surface area contributed by atoms with Gasteiger partial charge in [-0.3, -0.25) is 4.78 Å². The van der Waals surface area contributed by atoms with Gasteiger partial charge in [0.05, 0.1) is 7.11 Å². The van der Waals surface area contributed by atoms with Gasteiger partial charge in [0, 0.05) is 36.8 Å². The Morgan fingerprint density at radius 1 is 1.17 bits per heavy atom. The van der Waals surface area contributed by atoms with Crippen LogP contribution in [-0.4, -0.2) is 52.8 Å². The third-order valence-corrected chi connectivity index (χ3v) is 6.69. The summed E-state index contributed by atoms with van der Waals surface area (Å²) in [7, 11) is 1.31. The van der Waals surface area contributed by atoms with Gasteiger partial charge in [-0.2, -0.15) is 0 Å². The molecule has 0 aliphatic carbocycles. The van der Waals surface area contributed by atoms with Gasteiger partial charge in [0.25, 0.3) is 0 Å². The minimum atomic E-state index is -0.370. The van der Waals surface area contributed by atoms with Crippen LogP contribution in [0.3, 0.4) is 0 Å². The maximum absolute atomic E-state index is 8.07. The van der Waals surface area contributed by atoms with Gasteiger partial charge in [0.15, 0.2) is 0 Å². The molecule has 0 bridgehead atoms. The highest BCUT2D eigenvalue weighted by Gasteiger charge is 2.47. The molecule has 0 radical (unpaired) electrons. The van der Waals surface area contributed by atoms with Crippen LogP contribution in [0.2, 0.25) is 0 Å². The summed E-state index contributed by atoms with van der Waals surface area (Å²) in [6.45, 7) is 3.05. The summed E-state index contributed by atoms with van der Waals surface area (Å²) in [6, 6.07) is 6.00. The van der Waals surface area contributed by atoms with E-state index >= 15 is 0 Å². The van der Waals surface area contributed by atoms with E-state index in [-0.39, 0.29) is 16.4 Å². The Balaban J connectivity index is 1.60. The Kier molecular flexibility index (Phi) is 3.92. The third kappa shape index (κ3) is 2.38. The summed E-state index contributed by atoms with van der Waals surface area (Å²) in [5, 5.41) is 1.05. The number of hydrogen-bond donors (Lipinski definition) is 1. The highest BCUT2D eigenvalue weighted by Crippen LogP contribution is 2.42. The normalized spacial score (nSPS) is 21.7. The lowest BCUT2D eigenvalue weighted by atomic mass is 9.79. The van der Waals surface area contributed by atoms with Crippen molar-refractivity contribution in [1.82, 2.24) is 14.3 Å². The second-order valence-corrected chi connectivity index (χ2v) is 7.99. The molecule has 1 unspecified atom stereocenters. The number of para-hydroxylation sites is 1. The Morgan fingerprint density at radius 2 is 1.92 bits per heavy atom. The van der Waals surface area contributed by atoms with E-state index in [4.69, 9.17) is 9.52 Å². The third-order valence-electron chi connectivity index (χ3n) is 5.46. The van der Waals surface area contributed by atoms with Crippen molar-refractivity contribution in [3.05, 3.63) is 24.5 Å². The summed E-state index contributed by atoms with van der Waals surface area (Å²) in [6.07, 6.45) is 7.09. The van der Waals surface area contributed by atoms with Crippen LogP contribution in [-0.2, 0) is 10.9 Å². The lowest BCUT2D eigenvalue weighted by molar-refractivity contribution is 0.0543. The van der Waals surface area contributed by atoms with Crippen molar-refractivity contribution in [2.45, 2.75) is 24.8 Å². The minimum Gasteiger partial charge on any atom is -0.494 e. The van der Waals surface area contributed by atoms with E-state index in [1.54, 1.807) is 13.4 Å². The van der Waals surface area contributed by atoms with Gasteiger partial charge in [0.1, 0.15) is 23.4 Å². The summed E-state index contributed by atoms with van der Waals surface area (Å²) in [4.78, 5) is 11.3. The number of nitrogens with zero attached hydrogens (tertiary/aromatic N) is 4. The van der Waals surface area contributed by atoms with E-state index in [0.717, 1.165) is 54.9 Å². The fourth-order valence-electron chi connectivity index (χ4n) is 4.04. The summed E-state index contributed by atoms with van der Waals surface area (Å²) in [5.74, 6) is 1.79. The van der Waals surface area contributed by atoms with Crippen LogP contribution in [0.25, 0.3) is 10.9 Å². The number of fused-ring (bicyclic) bond motifs is 1. The molecule has 24 heavy (non-hydrogen) atoms. The molecule has 1 spiro atoms. The number of ether oxygens (including phenoxy) is 1. The average molecular weight is 345 g/mol. The van der Waals surface area contributed by atoms with Crippen molar-refractivity contribution in [1.29, 1.82) is 4.78 Å². The van der Waals surface area contributed by atoms with E-state index < -0.39 is 0 Å². The first-order valence-electron chi connectivity index (χ1n) is 8.32. The fourth-order valence-corrected chi connectivity index (χ4v) is 5.26. The molecule has 1 N–H and O–H groups in total. The second kappa shape index (κ2) is 5.97. The second-order valence-electron chi connectivity index (χ2n) is 6.60. The van der Waals surface area contributed by atoms with E-state index in [0.29, 0.717) is 0 Å². The molecule has 2 fully saturated rings. The van der Waals surface area contributed by atoms with Crippen molar-refractivity contribution in [2.24, 2.45) is 0 Å². The molecule has 2 aliphatic heterocycles. The minimum absolute atomic E-state index is 0.261. The zero-order valence-electron chi connectivity index (χ0n) is 14.2. The first kappa shape index (κ1) is 15.8.